The molecule has 152 valence electrons. The summed E-state index contributed by atoms with van der Waals surface area (Å²) in [6.45, 7) is 3.42. The van der Waals surface area contributed by atoms with Gasteiger partial charge in [0.25, 0.3) is 17.5 Å². The predicted molar refractivity (Wildman–Crippen MR) is 105 cm³/mol. The Morgan fingerprint density at radius 3 is 2.24 bits per heavy atom. The third-order valence-electron chi connectivity index (χ3n) is 5.46. The van der Waals surface area contributed by atoms with Crippen LogP contribution in [0.5, 0.6) is 0 Å². The van der Waals surface area contributed by atoms with Crippen LogP contribution in [-0.4, -0.2) is 65.8 Å². The van der Waals surface area contributed by atoms with Gasteiger partial charge >= 0.3 is 0 Å². The second kappa shape index (κ2) is 7.94. The number of piperazine rings is 1. The SMILES string of the molecule is O=C(c1ccco1)N1CCN(c2ccc([N+](=O)[O-])c(C(=O)N3CCCC3)c2)CC1. The molecule has 0 spiro atoms. The number of hydrogen-bond donors (Lipinski definition) is 0. The number of carbonyl (C=O) groups is 2. The summed E-state index contributed by atoms with van der Waals surface area (Å²) in [5.41, 5.74) is 0.712. The van der Waals surface area contributed by atoms with Gasteiger partial charge in [-0.25, -0.2) is 0 Å². The maximum absolute atomic E-state index is 12.8. The summed E-state index contributed by atoms with van der Waals surface area (Å²) in [6.07, 6.45) is 3.31. The third kappa shape index (κ3) is 3.80. The van der Waals surface area contributed by atoms with E-state index in [0.29, 0.717) is 45.0 Å². The predicted octanol–water partition coefficient (Wildman–Crippen LogP) is 2.39. The molecule has 2 fully saturated rings. The Morgan fingerprint density at radius 2 is 1.62 bits per heavy atom. The fourth-order valence-electron chi connectivity index (χ4n) is 3.87. The molecule has 9 nitrogen and oxygen atoms in total. The van der Waals surface area contributed by atoms with Gasteiger partial charge in [0.1, 0.15) is 5.56 Å². The lowest BCUT2D eigenvalue weighted by atomic mass is 10.1. The number of benzene rings is 1. The molecule has 2 aliphatic heterocycles. The molecule has 9 heteroatoms. The van der Waals surface area contributed by atoms with Gasteiger partial charge in [-0.1, -0.05) is 0 Å². The van der Waals surface area contributed by atoms with Crippen molar-refractivity contribution in [3.8, 4) is 0 Å². The van der Waals surface area contributed by atoms with E-state index in [-0.39, 0.29) is 23.1 Å². The summed E-state index contributed by atoms with van der Waals surface area (Å²) >= 11 is 0. The largest absolute Gasteiger partial charge is 0.459 e. The van der Waals surface area contributed by atoms with Crippen LogP contribution in [0.25, 0.3) is 0 Å². The van der Waals surface area contributed by atoms with E-state index in [9.17, 15) is 19.7 Å². The fourth-order valence-corrected chi connectivity index (χ4v) is 3.87. The molecule has 2 aromatic rings. The van der Waals surface area contributed by atoms with Crippen LogP contribution in [0.1, 0.15) is 33.8 Å². The average Bonchev–Trinajstić information content (AvgIpc) is 3.46. The second-order valence-corrected chi connectivity index (χ2v) is 7.21. The molecule has 2 saturated heterocycles. The van der Waals surface area contributed by atoms with Crippen LogP contribution in [0.4, 0.5) is 11.4 Å². The van der Waals surface area contributed by atoms with Gasteiger partial charge in [0, 0.05) is 51.0 Å². The first kappa shape index (κ1) is 19.0. The van der Waals surface area contributed by atoms with E-state index in [1.807, 2.05) is 4.90 Å². The molecule has 0 unspecified atom stereocenters. The summed E-state index contributed by atoms with van der Waals surface area (Å²) in [6, 6.07) is 8.01. The molecule has 0 radical (unpaired) electrons. The van der Waals surface area contributed by atoms with Crippen LogP contribution in [0.15, 0.2) is 41.0 Å². The molecule has 2 aliphatic rings. The molecule has 0 N–H and O–H groups in total. The summed E-state index contributed by atoms with van der Waals surface area (Å²) < 4.78 is 5.18. The van der Waals surface area contributed by atoms with Gasteiger partial charge < -0.3 is 19.1 Å². The zero-order valence-electron chi connectivity index (χ0n) is 16.0. The first-order chi connectivity index (χ1) is 14.0. The second-order valence-electron chi connectivity index (χ2n) is 7.21. The van der Waals surface area contributed by atoms with Crippen LogP contribution in [0, 0.1) is 10.1 Å². The van der Waals surface area contributed by atoms with E-state index in [1.54, 1.807) is 34.1 Å². The maximum atomic E-state index is 12.8. The van der Waals surface area contributed by atoms with E-state index in [4.69, 9.17) is 4.42 Å². The van der Waals surface area contributed by atoms with Crippen molar-refractivity contribution in [3.05, 3.63) is 58.0 Å². The molecule has 3 heterocycles. The van der Waals surface area contributed by atoms with Crippen LogP contribution >= 0.6 is 0 Å². The molecule has 0 bridgehead atoms. The van der Waals surface area contributed by atoms with E-state index < -0.39 is 4.92 Å². The number of nitro groups is 1. The highest BCUT2D eigenvalue weighted by Crippen LogP contribution is 2.28. The van der Waals surface area contributed by atoms with Gasteiger partial charge in [-0.2, -0.15) is 0 Å². The first-order valence-corrected chi connectivity index (χ1v) is 9.70. The molecule has 4 rings (SSSR count). The smallest absolute Gasteiger partial charge is 0.289 e. The maximum Gasteiger partial charge on any atom is 0.289 e. The number of hydrogen-bond acceptors (Lipinski definition) is 6. The zero-order chi connectivity index (χ0) is 20.4. The number of anilines is 1. The highest BCUT2D eigenvalue weighted by molar-refractivity contribution is 5.99. The van der Waals surface area contributed by atoms with E-state index >= 15 is 0 Å². The quantitative estimate of drug-likeness (QED) is 0.579. The Hall–Kier alpha value is -3.36. The minimum atomic E-state index is -0.507. The molecule has 0 saturated carbocycles. The number of likely N-dealkylation sites (tertiary alicyclic amines) is 1. The fraction of sp³-hybridized carbons (Fsp3) is 0.400. The molecular formula is C20H22N4O5. The first-order valence-electron chi connectivity index (χ1n) is 9.70. The Balaban J connectivity index is 1.50. The molecule has 29 heavy (non-hydrogen) atoms. The number of furan rings is 1. The topological polar surface area (TPSA) is 100 Å². The Kier molecular flexibility index (Phi) is 5.20. The van der Waals surface area contributed by atoms with Crippen LogP contribution < -0.4 is 4.90 Å². The minimum Gasteiger partial charge on any atom is -0.459 e. The van der Waals surface area contributed by atoms with Crippen molar-refractivity contribution in [2.75, 3.05) is 44.2 Å². The van der Waals surface area contributed by atoms with Crippen LogP contribution in [-0.2, 0) is 0 Å². The van der Waals surface area contributed by atoms with Crippen LogP contribution in [0.3, 0.4) is 0 Å². The third-order valence-corrected chi connectivity index (χ3v) is 5.46. The molecule has 1 aromatic carbocycles. The van der Waals surface area contributed by atoms with Crippen molar-refractivity contribution < 1.29 is 18.9 Å². The molecule has 0 atom stereocenters. The van der Waals surface area contributed by atoms with E-state index in [0.717, 1.165) is 18.5 Å². The number of nitro benzene ring substituents is 1. The standard InChI is InChI=1S/C20H22N4O5/c25-19(22-7-1-2-8-22)16-14-15(5-6-17(16)24(27)28)21-9-11-23(12-10-21)20(26)18-4-3-13-29-18/h3-6,13-14H,1-2,7-12H2. The molecule has 0 aliphatic carbocycles. The van der Waals surface area contributed by atoms with Gasteiger partial charge in [0.2, 0.25) is 0 Å². The lowest BCUT2D eigenvalue weighted by Crippen LogP contribution is -2.48. The summed E-state index contributed by atoms with van der Waals surface area (Å²) in [5, 5.41) is 11.4. The monoisotopic (exact) mass is 398 g/mol. The van der Waals surface area contributed by atoms with E-state index in [2.05, 4.69) is 0 Å². The average molecular weight is 398 g/mol. The molecule has 1 aromatic heterocycles. The van der Waals surface area contributed by atoms with Crippen molar-refractivity contribution in [1.29, 1.82) is 0 Å². The Labute approximate surface area is 167 Å². The highest BCUT2D eigenvalue weighted by Gasteiger charge is 2.29. The summed E-state index contributed by atoms with van der Waals surface area (Å²) in [7, 11) is 0. The highest BCUT2D eigenvalue weighted by atomic mass is 16.6. The van der Waals surface area contributed by atoms with Crippen molar-refractivity contribution in [1.82, 2.24) is 9.80 Å². The number of amides is 2. The lowest BCUT2D eigenvalue weighted by Gasteiger charge is -2.35. The van der Waals surface area contributed by atoms with Crippen molar-refractivity contribution in [2.24, 2.45) is 0 Å². The van der Waals surface area contributed by atoms with Gasteiger partial charge in [0.05, 0.1) is 11.2 Å². The van der Waals surface area contributed by atoms with E-state index in [1.165, 1.54) is 12.3 Å². The Bertz CT molecular complexity index is 913. The molecular weight excluding hydrogens is 376 g/mol. The Morgan fingerprint density at radius 1 is 0.931 bits per heavy atom. The number of rotatable bonds is 4. The lowest BCUT2D eigenvalue weighted by molar-refractivity contribution is -0.385. The number of nitrogens with zero attached hydrogens (tertiary/aromatic N) is 4. The van der Waals surface area contributed by atoms with Crippen molar-refractivity contribution in [3.63, 3.8) is 0 Å². The number of carbonyl (C=O) groups excluding carboxylic acids is 2. The van der Waals surface area contributed by atoms with Crippen molar-refractivity contribution >= 4 is 23.2 Å². The van der Waals surface area contributed by atoms with Gasteiger partial charge in [-0.15, -0.1) is 0 Å². The normalized spacial score (nSPS) is 16.9. The molecule has 2 amide bonds. The van der Waals surface area contributed by atoms with Crippen LogP contribution in [0.2, 0.25) is 0 Å². The summed E-state index contributed by atoms with van der Waals surface area (Å²) in [5.74, 6) is -0.127. The van der Waals surface area contributed by atoms with Gasteiger partial charge in [-0.3, -0.25) is 19.7 Å². The minimum absolute atomic E-state index is 0.128. The summed E-state index contributed by atoms with van der Waals surface area (Å²) in [4.78, 5) is 41.6. The van der Waals surface area contributed by atoms with Gasteiger partial charge in [-0.05, 0) is 37.1 Å². The zero-order valence-corrected chi connectivity index (χ0v) is 16.0. The van der Waals surface area contributed by atoms with Gasteiger partial charge in [0.15, 0.2) is 5.76 Å². The van der Waals surface area contributed by atoms with Crippen molar-refractivity contribution in [2.45, 2.75) is 12.8 Å².